The third kappa shape index (κ3) is 4.83. The molecule has 0 radical (unpaired) electrons. The van der Waals surface area contributed by atoms with E-state index < -0.39 is 10.2 Å². The highest BCUT2D eigenvalue weighted by molar-refractivity contribution is 9.10. The van der Waals surface area contributed by atoms with Crippen molar-refractivity contribution in [3.8, 4) is 0 Å². The van der Waals surface area contributed by atoms with Gasteiger partial charge in [0.05, 0.1) is 0 Å². The molecule has 0 spiro atoms. The molecular formula is C8H10BrClN2O2S. The van der Waals surface area contributed by atoms with E-state index >= 15 is 0 Å². The maximum Gasteiger partial charge on any atom is 0.299 e. The van der Waals surface area contributed by atoms with Gasteiger partial charge in [-0.1, -0.05) is 15.9 Å². The summed E-state index contributed by atoms with van der Waals surface area (Å²) in [6.45, 7) is 0.202. The number of benzene rings is 1. The van der Waals surface area contributed by atoms with Gasteiger partial charge in [0.15, 0.2) is 0 Å². The lowest BCUT2D eigenvalue weighted by Crippen LogP contribution is -2.31. The van der Waals surface area contributed by atoms with Gasteiger partial charge in [0, 0.05) is 22.6 Å². The molecule has 0 saturated heterocycles. The SMILES string of the molecule is O=S(=O)(NCCCl)Nc1ccc(Br)cc1. The maximum absolute atomic E-state index is 11.4. The molecule has 0 aromatic heterocycles. The number of anilines is 1. The van der Waals surface area contributed by atoms with Crippen LogP contribution in [0.3, 0.4) is 0 Å². The zero-order chi connectivity index (χ0) is 11.3. The summed E-state index contributed by atoms with van der Waals surface area (Å²) in [5.41, 5.74) is 0.500. The first-order valence-corrected chi connectivity index (χ1v) is 6.93. The van der Waals surface area contributed by atoms with E-state index in [1.54, 1.807) is 24.3 Å². The highest BCUT2D eigenvalue weighted by atomic mass is 79.9. The Hall–Kier alpha value is -0.300. The fraction of sp³-hybridized carbons (Fsp3) is 0.250. The number of halogens is 2. The maximum atomic E-state index is 11.4. The Labute approximate surface area is 102 Å². The molecule has 0 unspecified atom stereocenters. The molecule has 84 valence electrons. The van der Waals surface area contributed by atoms with Crippen LogP contribution in [0.5, 0.6) is 0 Å². The molecule has 0 bridgehead atoms. The summed E-state index contributed by atoms with van der Waals surface area (Å²) in [5, 5.41) is 0. The monoisotopic (exact) mass is 312 g/mol. The van der Waals surface area contributed by atoms with Crippen LogP contribution in [0.1, 0.15) is 0 Å². The van der Waals surface area contributed by atoms with E-state index in [4.69, 9.17) is 11.6 Å². The van der Waals surface area contributed by atoms with Crippen LogP contribution in [0.15, 0.2) is 28.7 Å². The summed E-state index contributed by atoms with van der Waals surface area (Å²) in [5.74, 6) is 0.237. The minimum Gasteiger partial charge on any atom is -0.271 e. The number of hydrogen-bond acceptors (Lipinski definition) is 2. The summed E-state index contributed by atoms with van der Waals surface area (Å²) < 4.78 is 28.2. The average Bonchev–Trinajstić information content (AvgIpc) is 2.18. The molecule has 1 rings (SSSR count). The summed E-state index contributed by atoms with van der Waals surface area (Å²) in [6.07, 6.45) is 0. The average molecular weight is 314 g/mol. The summed E-state index contributed by atoms with van der Waals surface area (Å²) in [4.78, 5) is 0. The molecule has 0 saturated carbocycles. The second-order valence-corrected chi connectivity index (χ2v) is 5.49. The van der Waals surface area contributed by atoms with Crippen molar-refractivity contribution in [3.63, 3.8) is 0 Å². The molecule has 0 fully saturated rings. The van der Waals surface area contributed by atoms with Crippen LogP contribution in [0.4, 0.5) is 5.69 Å². The van der Waals surface area contributed by atoms with Crippen molar-refractivity contribution >= 4 is 43.4 Å². The molecule has 0 aliphatic heterocycles. The number of nitrogens with one attached hydrogen (secondary N) is 2. The molecule has 0 atom stereocenters. The molecule has 1 aromatic rings. The van der Waals surface area contributed by atoms with E-state index in [-0.39, 0.29) is 12.4 Å². The molecule has 0 amide bonds. The first-order chi connectivity index (χ1) is 7.03. The molecule has 0 aliphatic carbocycles. The molecule has 2 N–H and O–H groups in total. The van der Waals surface area contributed by atoms with E-state index in [1.165, 1.54) is 0 Å². The minimum absolute atomic E-state index is 0.202. The smallest absolute Gasteiger partial charge is 0.271 e. The predicted molar refractivity (Wildman–Crippen MR) is 65.4 cm³/mol. The Morgan fingerprint density at radius 1 is 1.27 bits per heavy atom. The third-order valence-corrected chi connectivity index (χ3v) is 3.29. The van der Waals surface area contributed by atoms with E-state index in [0.29, 0.717) is 5.69 Å². The second kappa shape index (κ2) is 5.69. The second-order valence-electron chi connectivity index (χ2n) is 2.70. The quantitative estimate of drug-likeness (QED) is 0.816. The van der Waals surface area contributed by atoms with Gasteiger partial charge >= 0.3 is 0 Å². The Morgan fingerprint density at radius 3 is 2.40 bits per heavy atom. The van der Waals surface area contributed by atoms with Crippen LogP contribution >= 0.6 is 27.5 Å². The van der Waals surface area contributed by atoms with Crippen LogP contribution in [-0.2, 0) is 10.2 Å². The normalized spacial score (nSPS) is 11.3. The first-order valence-electron chi connectivity index (χ1n) is 4.12. The van der Waals surface area contributed by atoms with Gasteiger partial charge in [-0.3, -0.25) is 4.72 Å². The number of hydrogen-bond donors (Lipinski definition) is 2. The van der Waals surface area contributed by atoms with Gasteiger partial charge in [-0.15, -0.1) is 11.6 Å². The summed E-state index contributed by atoms with van der Waals surface area (Å²) in [6, 6.07) is 6.81. The largest absolute Gasteiger partial charge is 0.299 e. The van der Waals surface area contributed by atoms with Crippen molar-refractivity contribution in [2.45, 2.75) is 0 Å². The fourth-order valence-electron chi connectivity index (χ4n) is 0.882. The van der Waals surface area contributed by atoms with Crippen molar-refractivity contribution in [1.82, 2.24) is 4.72 Å². The topological polar surface area (TPSA) is 58.2 Å². The van der Waals surface area contributed by atoms with Crippen LogP contribution in [0.25, 0.3) is 0 Å². The van der Waals surface area contributed by atoms with Crippen LogP contribution in [0.2, 0.25) is 0 Å². The predicted octanol–water partition coefficient (Wildman–Crippen LogP) is 1.93. The first kappa shape index (κ1) is 12.8. The summed E-state index contributed by atoms with van der Waals surface area (Å²) >= 11 is 8.63. The van der Waals surface area contributed by atoms with Gasteiger partial charge < -0.3 is 0 Å². The lowest BCUT2D eigenvalue weighted by atomic mass is 10.3. The highest BCUT2D eigenvalue weighted by Crippen LogP contribution is 2.14. The Bertz CT molecular complexity index is 407. The van der Waals surface area contributed by atoms with Crippen molar-refractivity contribution in [3.05, 3.63) is 28.7 Å². The van der Waals surface area contributed by atoms with Crippen molar-refractivity contribution in [2.75, 3.05) is 17.1 Å². The lowest BCUT2D eigenvalue weighted by molar-refractivity contribution is 0.589. The molecule has 15 heavy (non-hydrogen) atoms. The number of alkyl halides is 1. The van der Waals surface area contributed by atoms with Gasteiger partial charge in [0.25, 0.3) is 10.2 Å². The van der Waals surface area contributed by atoms with E-state index in [2.05, 4.69) is 25.4 Å². The summed E-state index contributed by atoms with van der Waals surface area (Å²) in [7, 11) is -3.51. The van der Waals surface area contributed by atoms with Crippen molar-refractivity contribution in [1.29, 1.82) is 0 Å². The Kier molecular flexibility index (Phi) is 4.85. The molecule has 4 nitrogen and oxygen atoms in total. The van der Waals surface area contributed by atoms with Crippen LogP contribution < -0.4 is 9.44 Å². The molecule has 7 heteroatoms. The van der Waals surface area contributed by atoms with E-state index in [1.807, 2.05) is 0 Å². The van der Waals surface area contributed by atoms with Crippen molar-refractivity contribution < 1.29 is 8.42 Å². The zero-order valence-corrected chi connectivity index (χ0v) is 10.9. The van der Waals surface area contributed by atoms with Gasteiger partial charge in [0.1, 0.15) is 0 Å². The standard InChI is InChI=1S/C8H10BrClN2O2S/c9-7-1-3-8(4-2-7)12-15(13,14)11-6-5-10/h1-4,11-12H,5-6H2. The van der Waals surface area contributed by atoms with Gasteiger partial charge in [0.2, 0.25) is 0 Å². The molecule has 0 heterocycles. The van der Waals surface area contributed by atoms with E-state index in [9.17, 15) is 8.42 Å². The van der Waals surface area contributed by atoms with Gasteiger partial charge in [-0.25, -0.2) is 0 Å². The van der Waals surface area contributed by atoms with Crippen LogP contribution in [-0.4, -0.2) is 20.8 Å². The van der Waals surface area contributed by atoms with Gasteiger partial charge in [-0.2, -0.15) is 13.1 Å². The fourth-order valence-corrected chi connectivity index (χ4v) is 2.24. The van der Waals surface area contributed by atoms with Crippen LogP contribution in [0, 0.1) is 0 Å². The highest BCUT2D eigenvalue weighted by Gasteiger charge is 2.07. The molecule has 0 aliphatic rings. The van der Waals surface area contributed by atoms with E-state index in [0.717, 1.165) is 4.47 Å². The van der Waals surface area contributed by atoms with Gasteiger partial charge in [-0.05, 0) is 24.3 Å². The number of rotatable bonds is 5. The minimum atomic E-state index is -3.51. The zero-order valence-electron chi connectivity index (χ0n) is 7.70. The Balaban J connectivity index is 2.65. The third-order valence-electron chi connectivity index (χ3n) is 1.48. The Morgan fingerprint density at radius 2 is 1.87 bits per heavy atom. The molecular weight excluding hydrogens is 304 g/mol. The molecule has 1 aromatic carbocycles. The lowest BCUT2D eigenvalue weighted by Gasteiger charge is -2.07. The van der Waals surface area contributed by atoms with Crippen molar-refractivity contribution in [2.24, 2.45) is 0 Å².